The molecular weight excluding hydrogens is 396 g/mol. The van der Waals surface area contributed by atoms with Gasteiger partial charge in [0.25, 0.3) is 0 Å². The van der Waals surface area contributed by atoms with Crippen LogP contribution < -0.4 is 0 Å². The largest absolute Gasteiger partial charge is 0.507 e. The maximum atomic E-state index is 12.8. The molecule has 0 amide bonds. The molecule has 32 heavy (non-hydrogen) atoms. The highest BCUT2D eigenvalue weighted by Gasteiger charge is 2.20. The van der Waals surface area contributed by atoms with Crippen molar-refractivity contribution in [3.63, 3.8) is 0 Å². The maximum absolute atomic E-state index is 12.8. The summed E-state index contributed by atoms with van der Waals surface area (Å²) in [4.78, 5) is 12.8. The Labute approximate surface area is 197 Å². The maximum Gasteiger partial charge on any atom is 0.189 e. The first-order valence-electron chi connectivity index (χ1n) is 12.7. The van der Waals surface area contributed by atoms with Crippen molar-refractivity contribution in [3.05, 3.63) is 33.9 Å². The molecule has 3 nitrogen and oxygen atoms in total. The molecule has 0 aliphatic heterocycles. The third-order valence-electron chi connectivity index (χ3n) is 7.00. The normalized spacial score (nSPS) is 14.1. The summed E-state index contributed by atoms with van der Waals surface area (Å²) in [5.74, 6) is 2.22. The summed E-state index contributed by atoms with van der Waals surface area (Å²) < 4.78 is 0. The molecule has 0 aliphatic rings. The highest BCUT2D eigenvalue weighted by atomic mass is 16.3. The van der Waals surface area contributed by atoms with Crippen LogP contribution in [0.2, 0.25) is 0 Å². The van der Waals surface area contributed by atoms with E-state index in [4.69, 9.17) is 0 Å². The summed E-state index contributed by atoms with van der Waals surface area (Å²) in [6.07, 6.45) is 12.8. The molecular formula is C29H48O3. The highest BCUT2D eigenvalue weighted by Crippen LogP contribution is 2.36. The number of allylic oxidation sites excluding steroid dienone is 2. The zero-order valence-electron chi connectivity index (χ0n) is 22.0. The standard InChI is InChI=1S/C29H48O3/c1-19(2)12-9-13-20(3)14-10-15-21(4)16-11-17-22(5)18-26(30)27-25(8)28(31)23(6)24(7)29(27)32/h18-21,31-32H,9-17H2,1-8H3/b22-18-. The van der Waals surface area contributed by atoms with E-state index in [1.165, 1.54) is 44.9 Å². The number of hydrogen-bond acceptors (Lipinski definition) is 3. The third kappa shape index (κ3) is 9.00. The van der Waals surface area contributed by atoms with E-state index in [1.54, 1.807) is 26.8 Å². The second-order valence-electron chi connectivity index (χ2n) is 10.7. The van der Waals surface area contributed by atoms with Gasteiger partial charge in [0.15, 0.2) is 5.78 Å². The molecule has 0 heterocycles. The molecule has 2 atom stereocenters. The molecule has 0 aromatic heterocycles. The van der Waals surface area contributed by atoms with Crippen LogP contribution in [0.1, 0.15) is 119 Å². The fourth-order valence-corrected chi connectivity index (χ4v) is 4.50. The minimum atomic E-state index is -0.226. The van der Waals surface area contributed by atoms with E-state index in [1.807, 2.05) is 6.92 Å². The summed E-state index contributed by atoms with van der Waals surface area (Å²) in [6, 6.07) is 0. The fourth-order valence-electron chi connectivity index (χ4n) is 4.50. The van der Waals surface area contributed by atoms with Crippen LogP contribution in [0.4, 0.5) is 0 Å². The quantitative estimate of drug-likeness (QED) is 0.171. The van der Waals surface area contributed by atoms with Gasteiger partial charge in [-0.25, -0.2) is 0 Å². The summed E-state index contributed by atoms with van der Waals surface area (Å²) in [5.41, 5.74) is 2.88. The van der Waals surface area contributed by atoms with E-state index in [0.29, 0.717) is 22.6 Å². The van der Waals surface area contributed by atoms with Crippen LogP contribution in [-0.4, -0.2) is 16.0 Å². The number of hydrogen-bond donors (Lipinski definition) is 2. The van der Waals surface area contributed by atoms with E-state index in [-0.39, 0.29) is 22.8 Å². The lowest BCUT2D eigenvalue weighted by molar-refractivity contribution is 0.104. The van der Waals surface area contributed by atoms with Crippen molar-refractivity contribution in [1.82, 2.24) is 0 Å². The van der Waals surface area contributed by atoms with E-state index in [0.717, 1.165) is 30.3 Å². The van der Waals surface area contributed by atoms with Gasteiger partial charge in [-0.2, -0.15) is 0 Å². The number of carbonyl (C=O) groups excluding carboxylic acids is 1. The monoisotopic (exact) mass is 444 g/mol. The lowest BCUT2D eigenvalue weighted by Crippen LogP contribution is -2.03. The summed E-state index contributed by atoms with van der Waals surface area (Å²) in [5, 5.41) is 20.7. The van der Waals surface area contributed by atoms with Gasteiger partial charge in [-0.05, 0) is 75.5 Å². The number of phenols is 2. The first-order chi connectivity index (χ1) is 15.0. The molecule has 0 aliphatic carbocycles. The number of phenolic OH excluding ortho intramolecular Hbond substituents is 2. The van der Waals surface area contributed by atoms with E-state index in [2.05, 4.69) is 27.7 Å². The Hall–Kier alpha value is -1.77. The third-order valence-corrected chi connectivity index (χ3v) is 7.00. The Kier molecular flexibility index (Phi) is 12.1. The SMILES string of the molecule is C/C(=C/C(=O)c1c(C)c(O)c(C)c(C)c1O)CCCC(C)CCCC(C)CCCC(C)C. The molecule has 0 radical (unpaired) electrons. The zero-order valence-corrected chi connectivity index (χ0v) is 22.0. The molecule has 1 aromatic carbocycles. The van der Waals surface area contributed by atoms with Crippen molar-refractivity contribution in [2.45, 2.75) is 113 Å². The van der Waals surface area contributed by atoms with Gasteiger partial charge in [-0.3, -0.25) is 4.79 Å². The van der Waals surface area contributed by atoms with Crippen LogP contribution in [0.5, 0.6) is 11.5 Å². The topological polar surface area (TPSA) is 57.5 Å². The first-order valence-corrected chi connectivity index (χ1v) is 12.7. The van der Waals surface area contributed by atoms with Gasteiger partial charge in [0.05, 0.1) is 5.56 Å². The van der Waals surface area contributed by atoms with Crippen LogP contribution in [0.25, 0.3) is 0 Å². The lowest BCUT2D eigenvalue weighted by Gasteiger charge is -2.15. The molecule has 0 bridgehead atoms. The Balaban J connectivity index is 2.45. The minimum absolute atomic E-state index is 0.0149. The van der Waals surface area contributed by atoms with Crippen molar-refractivity contribution in [1.29, 1.82) is 0 Å². The van der Waals surface area contributed by atoms with Crippen molar-refractivity contribution in [3.8, 4) is 11.5 Å². The van der Waals surface area contributed by atoms with Gasteiger partial charge in [-0.15, -0.1) is 0 Å². The number of rotatable bonds is 14. The van der Waals surface area contributed by atoms with Crippen molar-refractivity contribution in [2.24, 2.45) is 17.8 Å². The van der Waals surface area contributed by atoms with Crippen molar-refractivity contribution >= 4 is 5.78 Å². The van der Waals surface area contributed by atoms with Gasteiger partial charge < -0.3 is 10.2 Å². The van der Waals surface area contributed by atoms with E-state index in [9.17, 15) is 15.0 Å². The van der Waals surface area contributed by atoms with Crippen LogP contribution in [0.3, 0.4) is 0 Å². The van der Waals surface area contributed by atoms with Crippen LogP contribution in [0, 0.1) is 38.5 Å². The average Bonchev–Trinajstić information content (AvgIpc) is 2.70. The van der Waals surface area contributed by atoms with Gasteiger partial charge >= 0.3 is 0 Å². The van der Waals surface area contributed by atoms with E-state index >= 15 is 0 Å². The zero-order chi connectivity index (χ0) is 24.4. The fraction of sp³-hybridized carbons (Fsp3) is 0.690. The summed E-state index contributed by atoms with van der Waals surface area (Å²) >= 11 is 0. The number of benzene rings is 1. The number of aromatic hydroxyl groups is 2. The second-order valence-corrected chi connectivity index (χ2v) is 10.7. The molecule has 0 saturated heterocycles. The lowest BCUT2D eigenvalue weighted by atomic mass is 9.91. The van der Waals surface area contributed by atoms with Gasteiger partial charge in [0.1, 0.15) is 11.5 Å². The van der Waals surface area contributed by atoms with Crippen LogP contribution in [-0.2, 0) is 0 Å². The predicted molar refractivity (Wildman–Crippen MR) is 137 cm³/mol. The Morgan fingerprint density at radius 1 is 0.750 bits per heavy atom. The van der Waals surface area contributed by atoms with Gasteiger partial charge in [0, 0.05) is 5.56 Å². The molecule has 182 valence electrons. The highest BCUT2D eigenvalue weighted by molar-refractivity contribution is 6.08. The molecule has 2 unspecified atom stereocenters. The smallest absolute Gasteiger partial charge is 0.189 e. The summed E-state index contributed by atoms with van der Waals surface area (Å²) in [7, 11) is 0. The molecule has 2 N–H and O–H groups in total. The van der Waals surface area contributed by atoms with Crippen molar-refractivity contribution < 1.29 is 15.0 Å². The van der Waals surface area contributed by atoms with Crippen LogP contribution >= 0.6 is 0 Å². The molecule has 0 spiro atoms. The molecule has 0 fully saturated rings. The summed E-state index contributed by atoms with van der Waals surface area (Å²) in [6.45, 7) is 16.5. The first kappa shape index (κ1) is 28.3. The minimum Gasteiger partial charge on any atom is -0.507 e. The Morgan fingerprint density at radius 2 is 1.22 bits per heavy atom. The van der Waals surface area contributed by atoms with Crippen molar-refractivity contribution in [2.75, 3.05) is 0 Å². The molecule has 1 rings (SSSR count). The Morgan fingerprint density at radius 3 is 1.75 bits per heavy atom. The molecule has 3 heteroatoms. The Bertz CT molecular complexity index is 744. The molecule has 0 saturated carbocycles. The number of ketones is 1. The predicted octanol–water partition coefficient (Wildman–Crippen LogP) is 8.59. The van der Waals surface area contributed by atoms with Gasteiger partial charge in [-0.1, -0.05) is 78.2 Å². The average molecular weight is 445 g/mol. The van der Waals surface area contributed by atoms with E-state index < -0.39 is 0 Å². The molecule has 1 aromatic rings. The second kappa shape index (κ2) is 13.7. The van der Waals surface area contributed by atoms with Crippen LogP contribution in [0.15, 0.2) is 11.6 Å². The number of carbonyl (C=O) groups is 1. The van der Waals surface area contributed by atoms with Gasteiger partial charge in [0.2, 0.25) is 0 Å².